The molecule has 1 rings (SSSR count). The third kappa shape index (κ3) is 3.98. The van der Waals surface area contributed by atoms with E-state index >= 15 is 0 Å². The highest BCUT2D eigenvalue weighted by atomic mass is 16.4. The van der Waals surface area contributed by atoms with Gasteiger partial charge >= 0.3 is 0 Å². The van der Waals surface area contributed by atoms with E-state index in [1.54, 1.807) is 4.90 Å². The summed E-state index contributed by atoms with van der Waals surface area (Å²) < 4.78 is 0. The van der Waals surface area contributed by atoms with Gasteiger partial charge in [0.1, 0.15) is 5.84 Å². The second kappa shape index (κ2) is 6.93. The minimum Gasteiger partial charge on any atom is -0.409 e. The van der Waals surface area contributed by atoms with Crippen molar-refractivity contribution in [2.24, 2.45) is 10.9 Å². The molecule has 0 spiro atoms. The monoisotopic (exact) mass is 277 g/mol. The summed E-state index contributed by atoms with van der Waals surface area (Å²) in [5.41, 5.74) is 8.26. The topological polar surface area (TPSA) is 78.9 Å². The quantitative estimate of drug-likeness (QED) is 0.375. The molecule has 0 saturated carbocycles. The average Bonchev–Trinajstić information content (AvgIpc) is 2.37. The molecular formula is C15H23N3O2. The van der Waals surface area contributed by atoms with Crippen LogP contribution in [0, 0.1) is 13.8 Å². The first-order valence-electron chi connectivity index (χ1n) is 6.71. The summed E-state index contributed by atoms with van der Waals surface area (Å²) in [4.78, 5) is 14.3. The molecule has 0 radical (unpaired) electrons. The van der Waals surface area contributed by atoms with Crippen LogP contribution in [-0.2, 0) is 0 Å². The van der Waals surface area contributed by atoms with Crippen molar-refractivity contribution in [3.8, 4) is 0 Å². The maximum Gasteiger partial charge on any atom is 0.254 e. The van der Waals surface area contributed by atoms with Crippen LogP contribution < -0.4 is 5.73 Å². The fraction of sp³-hybridized carbons (Fsp3) is 0.467. The van der Waals surface area contributed by atoms with Crippen LogP contribution in [0.15, 0.2) is 23.4 Å². The van der Waals surface area contributed by atoms with Gasteiger partial charge in [0.05, 0.1) is 0 Å². The van der Waals surface area contributed by atoms with Crippen molar-refractivity contribution in [3.05, 3.63) is 34.9 Å². The number of nitrogens with two attached hydrogens (primary N) is 1. The van der Waals surface area contributed by atoms with Gasteiger partial charge in [-0.15, -0.1) is 0 Å². The Kier molecular flexibility index (Phi) is 5.55. The van der Waals surface area contributed by atoms with Crippen molar-refractivity contribution in [3.63, 3.8) is 0 Å². The van der Waals surface area contributed by atoms with Gasteiger partial charge in [-0.05, 0) is 39.3 Å². The van der Waals surface area contributed by atoms with Gasteiger partial charge in [0, 0.05) is 24.6 Å². The molecule has 0 saturated heterocycles. The number of amides is 1. The molecule has 20 heavy (non-hydrogen) atoms. The summed E-state index contributed by atoms with van der Waals surface area (Å²) in [7, 11) is 0. The number of hydrogen-bond donors (Lipinski definition) is 2. The molecule has 0 atom stereocenters. The average molecular weight is 277 g/mol. The first kappa shape index (κ1) is 16.0. The second-order valence-corrected chi connectivity index (χ2v) is 5.25. The maximum atomic E-state index is 12.6. The number of aryl methyl sites for hydroxylation is 2. The summed E-state index contributed by atoms with van der Waals surface area (Å²) in [6.45, 7) is 8.27. The number of oxime groups is 1. The molecule has 5 nitrogen and oxygen atoms in total. The lowest BCUT2D eigenvalue weighted by molar-refractivity contribution is 0.0710. The number of benzene rings is 1. The van der Waals surface area contributed by atoms with E-state index in [9.17, 15) is 4.79 Å². The Labute approximate surface area is 120 Å². The predicted octanol–water partition coefficient (Wildman–Crippen LogP) is 2.29. The zero-order valence-corrected chi connectivity index (χ0v) is 12.6. The van der Waals surface area contributed by atoms with Crippen molar-refractivity contribution < 1.29 is 10.0 Å². The van der Waals surface area contributed by atoms with E-state index in [1.165, 1.54) is 0 Å². The van der Waals surface area contributed by atoms with Crippen LogP contribution in [0.1, 0.15) is 41.8 Å². The van der Waals surface area contributed by atoms with Gasteiger partial charge in [-0.25, -0.2) is 0 Å². The van der Waals surface area contributed by atoms with E-state index in [4.69, 9.17) is 10.9 Å². The Morgan fingerprint density at radius 2 is 2.05 bits per heavy atom. The van der Waals surface area contributed by atoms with E-state index in [0.29, 0.717) is 18.5 Å². The van der Waals surface area contributed by atoms with Crippen LogP contribution in [0.3, 0.4) is 0 Å². The van der Waals surface area contributed by atoms with E-state index < -0.39 is 0 Å². The minimum atomic E-state index is -0.0248. The van der Waals surface area contributed by atoms with E-state index in [2.05, 4.69) is 5.16 Å². The summed E-state index contributed by atoms with van der Waals surface area (Å²) in [5, 5.41) is 11.5. The molecule has 1 aromatic rings. The SMILES string of the molecule is Cc1ccc(C(=O)N(CCC(N)=NO)C(C)C)c(C)c1. The zero-order valence-electron chi connectivity index (χ0n) is 12.6. The third-order valence-electron chi connectivity index (χ3n) is 3.23. The lowest BCUT2D eigenvalue weighted by atomic mass is 10.0. The second-order valence-electron chi connectivity index (χ2n) is 5.25. The Bertz CT molecular complexity index is 510. The Morgan fingerprint density at radius 3 is 2.55 bits per heavy atom. The van der Waals surface area contributed by atoms with Crippen LogP contribution in [0.5, 0.6) is 0 Å². The van der Waals surface area contributed by atoms with Crippen molar-refractivity contribution in [1.82, 2.24) is 4.90 Å². The van der Waals surface area contributed by atoms with Crippen LogP contribution in [-0.4, -0.2) is 34.4 Å². The first-order chi connectivity index (χ1) is 9.36. The molecule has 0 aromatic heterocycles. The fourth-order valence-electron chi connectivity index (χ4n) is 2.09. The largest absolute Gasteiger partial charge is 0.409 e. The standard InChI is InChI=1S/C15H23N3O2/c1-10(2)18(8-7-14(16)17-20)15(19)13-6-5-11(3)9-12(13)4/h5-6,9-10,20H,7-8H2,1-4H3,(H2,16,17). The van der Waals surface area contributed by atoms with Crippen LogP contribution in [0.2, 0.25) is 0 Å². The van der Waals surface area contributed by atoms with E-state index in [-0.39, 0.29) is 17.8 Å². The summed E-state index contributed by atoms with van der Waals surface area (Å²) in [6.07, 6.45) is 0.353. The Balaban J connectivity index is 2.94. The van der Waals surface area contributed by atoms with Gasteiger partial charge in [0.15, 0.2) is 0 Å². The molecule has 0 heterocycles. The minimum absolute atomic E-state index is 0.0248. The van der Waals surface area contributed by atoms with Crippen molar-refractivity contribution in [1.29, 1.82) is 0 Å². The molecule has 0 aliphatic heterocycles. The van der Waals surface area contributed by atoms with Gasteiger partial charge < -0.3 is 15.8 Å². The number of carbonyl (C=O) groups excluding carboxylic acids is 1. The van der Waals surface area contributed by atoms with Crippen molar-refractivity contribution >= 4 is 11.7 Å². The molecule has 110 valence electrons. The molecular weight excluding hydrogens is 254 g/mol. The lowest BCUT2D eigenvalue weighted by Gasteiger charge is -2.27. The number of carbonyl (C=O) groups is 1. The molecule has 3 N–H and O–H groups in total. The fourth-order valence-corrected chi connectivity index (χ4v) is 2.09. The highest BCUT2D eigenvalue weighted by molar-refractivity contribution is 5.96. The molecule has 0 fully saturated rings. The number of hydrogen-bond acceptors (Lipinski definition) is 3. The molecule has 0 aliphatic carbocycles. The van der Waals surface area contributed by atoms with Gasteiger partial charge in [0.25, 0.3) is 5.91 Å². The summed E-state index contributed by atoms with van der Waals surface area (Å²) in [6, 6.07) is 5.83. The lowest BCUT2D eigenvalue weighted by Crippen LogP contribution is -2.39. The molecule has 5 heteroatoms. The maximum absolute atomic E-state index is 12.6. The van der Waals surface area contributed by atoms with E-state index in [1.807, 2.05) is 45.9 Å². The van der Waals surface area contributed by atoms with Crippen LogP contribution in [0.25, 0.3) is 0 Å². The Morgan fingerprint density at radius 1 is 1.40 bits per heavy atom. The highest BCUT2D eigenvalue weighted by Crippen LogP contribution is 2.15. The predicted molar refractivity (Wildman–Crippen MR) is 80.1 cm³/mol. The van der Waals surface area contributed by atoms with Crippen LogP contribution >= 0.6 is 0 Å². The zero-order chi connectivity index (χ0) is 15.3. The molecule has 1 amide bonds. The van der Waals surface area contributed by atoms with Gasteiger partial charge in [-0.3, -0.25) is 4.79 Å². The van der Waals surface area contributed by atoms with Crippen molar-refractivity contribution in [2.45, 2.75) is 40.2 Å². The van der Waals surface area contributed by atoms with Crippen molar-refractivity contribution in [2.75, 3.05) is 6.54 Å². The van der Waals surface area contributed by atoms with E-state index in [0.717, 1.165) is 11.1 Å². The summed E-state index contributed by atoms with van der Waals surface area (Å²) >= 11 is 0. The number of nitrogens with zero attached hydrogens (tertiary/aromatic N) is 2. The smallest absolute Gasteiger partial charge is 0.254 e. The Hall–Kier alpha value is -2.04. The molecule has 0 aliphatic rings. The third-order valence-corrected chi connectivity index (χ3v) is 3.23. The molecule has 1 aromatic carbocycles. The van der Waals surface area contributed by atoms with Gasteiger partial charge in [0.2, 0.25) is 0 Å². The number of amidine groups is 1. The number of rotatable bonds is 5. The molecule has 0 unspecified atom stereocenters. The first-order valence-corrected chi connectivity index (χ1v) is 6.71. The molecule has 0 bridgehead atoms. The van der Waals surface area contributed by atoms with Gasteiger partial charge in [-0.2, -0.15) is 0 Å². The van der Waals surface area contributed by atoms with Crippen LogP contribution in [0.4, 0.5) is 0 Å². The highest BCUT2D eigenvalue weighted by Gasteiger charge is 2.20. The summed E-state index contributed by atoms with van der Waals surface area (Å²) in [5.74, 6) is 0.104. The normalized spacial score (nSPS) is 11.8. The van der Waals surface area contributed by atoms with Gasteiger partial charge in [-0.1, -0.05) is 22.9 Å².